The zero-order valence-electron chi connectivity index (χ0n) is 12.5. The fraction of sp³-hybridized carbons (Fsp3) is 0.222. The highest BCUT2D eigenvalue weighted by Crippen LogP contribution is 2.26. The Kier molecular flexibility index (Phi) is 3.33. The van der Waals surface area contributed by atoms with E-state index in [-0.39, 0.29) is 17.6 Å². The zero-order chi connectivity index (χ0) is 15.8. The second-order valence-corrected chi connectivity index (χ2v) is 5.85. The first-order valence-electron chi connectivity index (χ1n) is 7.71. The van der Waals surface area contributed by atoms with Crippen LogP contribution in [0.25, 0.3) is 11.0 Å². The van der Waals surface area contributed by atoms with Crippen LogP contribution in [0.5, 0.6) is 0 Å². The molecule has 0 fully saturated rings. The highest BCUT2D eigenvalue weighted by atomic mass is 19.1. The molecule has 2 heterocycles. The van der Waals surface area contributed by atoms with Gasteiger partial charge < -0.3 is 9.88 Å². The molecule has 1 aliphatic rings. The molecule has 0 radical (unpaired) electrons. The topological polar surface area (TPSA) is 46.9 Å². The molecule has 1 aromatic heterocycles. The second-order valence-electron chi connectivity index (χ2n) is 5.85. The monoisotopic (exact) mass is 309 g/mol. The number of aryl methyl sites for hydroxylation is 1. The van der Waals surface area contributed by atoms with Crippen molar-refractivity contribution in [1.29, 1.82) is 0 Å². The molecule has 1 aliphatic heterocycles. The highest BCUT2D eigenvalue weighted by Gasteiger charge is 2.27. The first-order chi connectivity index (χ1) is 11.2. The molecule has 116 valence electrons. The van der Waals surface area contributed by atoms with Crippen LogP contribution in [0.15, 0.2) is 48.5 Å². The van der Waals surface area contributed by atoms with E-state index in [0.717, 1.165) is 29.8 Å². The van der Waals surface area contributed by atoms with Gasteiger partial charge in [-0.05, 0) is 42.8 Å². The molecule has 1 unspecified atom stereocenters. The van der Waals surface area contributed by atoms with Gasteiger partial charge in [-0.25, -0.2) is 9.37 Å². The molecular weight excluding hydrogens is 293 g/mol. The molecule has 2 aromatic carbocycles. The summed E-state index contributed by atoms with van der Waals surface area (Å²) >= 11 is 0. The number of aromatic nitrogens is 2. The summed E-state index contributed by atoms with van der Waals surface area (Å²) in [4.78, 5) is 17.1. The van der Waals surface area contributed by atoms with Crippen molar-refractivity contribution in [3.63, 3.8) is 0 Å². The van der Waals surface area contributed by atoms with Gasteiger partial charge in [-0.15, -0.1) is 0 Å². The summed E-state index contributed by atoms with van der Waals surface area (Å²) in [6.07, 6.45) is 1.40. The minimum atomic E-state index is -0.311. The Labute approximate surface area is 133 Å². The number of nitrogens with one attached hydrogen (secondary N) is 1. The van der Waals surface area contributed by atoms with Gasteiger partial charge in [0.25, 0.3) is 0 Å². The smallest absolute Gasteiger partial charge is 0.228 e. The van der Waals surface area contributed by atoms with Crippen LogP contribution in [0.4, 0.5) is 10.1 Å². The Balaban J connectivity index is 1.53. The number of fused-ring (bicyclic) bond motifs is 3. The minimum absolute atomic E-state index is 0.0325. The van der Waals surface area contributed by atoms with Crippen molar-refractivity contribution in [2.24, 2.45) is 5.92 Å². The average molecular weight is 309 g/mol. The number of nitrogens with zero attached hydrogens (tertiary/aromatic N) is 2. The molecular formula is C18H16FN3O. The van der Waals surface area contributed by atoms with E-state index in [2.05, 4.69) is 20.9 Å². The van der Waals surface area contributed by atoms with E-state index in [4.69, 9.17) is 0 Å². The van der Waals surface area contributed by atoms with Crippen LogP contribution in [0.1, 0.15) is 12.2 Å². The Morgan fingerprint density at radius 3 is 2.78 bits per heavy atom. The van der Waals surface area contributed by atoms with E-state index >= 15 is 0 Å². The van der Waals surface area contributed by atoms with Crippen molar-refractivity contribution in [1.82, 2.24) is 9.55 Å². The number of anilines is 1. The Morgan fingerprint density at radius 2 is 1.96 bits per heavy atom. The SMILES string of the molecule is O=C(Nc1ccc(F)cc1)C1CCn2c(nc3ccccc32)C1. The Bertz CT molecular complexity index is 870. The van der Waals surface area contributed by atoms with Crippen molar-refractivity contribution < 1.29 is 9.18 Å². The van der Waals surface area contributed by atoms with E-state index in [9.17, 15) is 9.18 Å². The number of carbonyl (C=O) groups is 1. The van der Waals surface area contributed by atoms with Gasteiger partial charge in [0, 0.05) is 24.6 Å². The Hall–Kier alpha value is -2.69. The molecule has 0 saturated heterocycles. The lowest BCUT2D eigenvalue weighted by Crippen LogP contribution is -2.30. The van der Waals surface area contributed by atoms with Crippen molar-refractivity contribution in [2.45, 2.75) is 19.4 Å². The maximum atomic E-state index is 12.9. The predicted octanol–water partition coefficient (Wildman–Crippen LogP) is 3.38. The van der Waals surface area contributed by atoms with Gasteiger partial charge in [0.15, 0.2) is 0 Å². The van der Waals surface area contributed by atoms with Crippen LogP contribution >= 0.6 is 0 Å². The molecule has 5 heteroatoms. The van der Waals surface area contributed by atoms with E-state index in [0.29, 0.717) is 12.1 Å². The van der Waals surface area contributed by atoms with Crippen LogP contribution < -0.4 is 5.32 Å². The maximum absolute atomic E-state index is 12.9. The minimum Gasteiger partial charge on any atom is -0.328 e. The summed E-state index contributed by atoms with van der Waals surface area (Å²) in [5, 5.41) is 2.86. The number of hydrogen-bond acceptors (Lipinski definition) is 2. The van der Waals surface area contributed by atoms with Gasteiger partial charge in [-0.1, -0.05) is 12.1 Å². The lowest BCUT2D eigenvalue weighted by Gasteiger charge is -2.23. The zero-order valence-corrected chi connectivity index (χ0v) is 12.5. The van der Waals surface area contributed by atoms with E-state index in [1.807, 2.05) is 18.2 Å². The summed E-state index contributed by atoms with van der Waals surface area (Å²) in [5.41, 5.74) is 2.72. The first-order valence-corrected chi connectivity index (χ1v) is 7.71. The van der Waals surface area contributed by atoms with Gasteiger partial charge in [-0.3, -0.25) is 4.79 Å². The fourth-order valence-electron chi connectivity index (χ4n) is 3.14. The van der Waals surface area contributed by atoms with E-state index < -0.39 is 0 Å². The van der Waals surface area contributed by atoms with Crippen LogP contribution in [0.3, 0.4) is 0 Å². The molecule has 4 nitrogen and oxygen atoms in total. The van der Waals surface area contributed by atoms with Crippen LogP contribution in [-0.2, 0) is 17.8 Å². The number of halogens is 1. The van der Waals surface area contributed by atoms with Gasteiger partial charge >= 0.3 is 0 Å². The second kappa shape index (κ2) is 5.50. The summed E-state index contributed by atoms with van der Waals surface area (Å²) in [5.74, 6) is 0.505. The van der Waals surface area contributed by atoms with Crippen LogP contribution in [0, 0.1) is 11.7 Å². The third kappa shape index (κ3) is 2.59. The van der Waals surface area contributed by atoms with Gasteiger partial charge in [0.2, 0.25) is 5.91 Å². The van der Waals surface area contributed by atoms with Crippen molar-refractivity contribution >= 4 is 22.6 Å². The lowest BCUT2D eigenvalue weighted by molar-refractivity contribution is -0.120. The fourth-order valence-corrected chi connectivity index (χ4v) is 3.14. The van der Waals surface area contributed by atoms with Crippen LogP contribution in [-0.4, -0.2) is 15.5 Å². The Morgan fingerprint density at radius 1 is 1.17 bits per heavy atom. The molecule has 0 aliphatic carbocycles. The number of carbonyl (C=O) groups excluding carboxylic acids is 1. The number of imidazole rings is 1. The highest BCUT2D eigenvalue weighted by molar-refractivity contribution is 5.92. The average Bonchev–Trinajstić information content (AvgIpc) is 2.94. The van der Waals surface area contributed by atoms with Gasteiger partial charge in [-0.2, -0.15) is 0 Å². The molecule has 1 amide bonds. The third-order valence-corrected chi connectivity index (χ3v) is 4.35. The van der Waals surface area contributed by atoms with Crippen molar-refractivity contribution in [3.8, 4) is 0 Å². The number of amides is 1. The van der Waals surface area contributed by atoms with E-state index in [1.54, 1.807) is 12.1 Å². The number of para-hydroxylation sites is 2. The van der Waals surface area contributed by atoms with Crippen molar-refractivity contribution in [3.05, 3.63) is 60.2 Å². The van der Waals surface area contributed by atoms with E-state index in [1.165, 1.54) is 12.1 Å². The molecule has 23 heavy (non-hydrogen) atoms. The molecule has 0 spiro atoms. The molecule has 0 saturated carbocycles. The molecule has 4 rings (SSSR count). The number of hydrogen-bond donors (Lipinski definition) is 1. The molecule has 0 bridgehead atoms. The third-order valence-electron chi connectivity index (χ3n) is 4.35. The molecule has 1 atom stereocenters. The molecule has 1 N–H and O–H groups in total. The predicted molar refractivity (Wildman–Crippen MR) is 86.6 cm³/mol. The standard InChI is InChI=1S/C18H16FN3O/c19-13-5-7-14(8-6-13)20-18(23)12-9-10-22-16-4-2-1-3-15(16)21-17(22)11-12/h1-8,12H,9-11H2,(H,20,23). The van der Waals surface area contributed by atoms with Gasteiger partial charge in [0.05, 0.1) is 11.0 Å². The summed E-state index contributed by atoms with van der Waals surface area (Å²) in [6.45, 7) is 0.789. The maximum Gasteiger partial charge on any atom is 0.228 e. The van der Waals surface area contributed by atoms with Crippen molar-refractivity contribution in [2.75, 3.05) is 5.32 Å². The van der Waals surface area contributed by atoms with Crippen LogP contribution in [0.2, 0.25) is 0 Å². The lowest BCUT2D eigenvalue weighted by atomic mass is 9.96. The summed E-state index contributed by atoms with van der Waals surface area (Å²) < 4.78 is 15.1. The largest absolute Gasteiger partial charge is 0.328 e. The number of benzene rings is 2. The quantitative estimate of drug-likeness (QED) is 0.789. The first kappa shape index (κ1) is 13.9. The molecule has 3 aromatic rings. The normalized spacial score (nSPS) is 17.0. The van der Waals surface area contributed by atoms with Gasteiger partial charge in [0.1, 0.15) is 11.6 Å². The summed E-state index contributed by atoms with van der Waals surface area (Å²) in [6, 6.07) is 13.9. The number of rotatable bonds is 2. The summed E-state index contributed by atoms with van der Waals surface area (Å²) in [7, 11) is 0.